The van der Waals surface area contributed by atoms with E-state index in [0.29, 0.717) is 5.41 Å². The fraction of sp³-hybridized carbons (Fsp3) is 0.517. The van der Waals surface area contributed by atoms with Gasteiger partial charge in [-0.05, 0) is 64.3 Å². The Bertz CT molecular complexity index is 865. The smallest absolute Gasteiger partial charge is 0.00574 e. The van der Waals surface area contributed by atoms with Crippen molar-refractivity contribution in [2.45, 2.75) is 90.9 Å². The summed E-state index contributed by atoms with van der Waals surface area (Å²) < 4.78 is 0. The minimum atomic E-state index is 0.206. The van der Waals surface area contributed by atoms with Crippen LogP contribution in [-0.2, 0) is 11.8 Å². The molecule has 4 rings (SSSR count). The molecule has 0 aliphatic heterocycles. The van der Waals surface area contributed by atoms with Crippen molar-refractivity contribution in [1.29, 1.82) is 0 Å². The molecule has 154 valence electrons. The molecule has 2 aromatic rings. The average molecular weight is 387 g/mol. The molecule has 0 heteroatoms. The van der Waals surface area contributed by atoms with Gasteiger partial charge in [0.25, 0.3) is 0 Å². The van der Waals surface area contributed by atoms with E-state index < -0.39 is 0 Å². The molecule has 0 saturated heterocycles. The number of benzene rings is 2. The van der Waals surface area contributed by atoms with E-state index >= 15 is 0 Å². The van der Waals surface area contributed by atoms with E-state index in [1.807, 2.05) is 0 Å². The zero-order chi connectivity index (χ0) is 20.5. The van der Waals surface area contributed by atoms with Crippen molar-refractivity contribution < 1.29 is 0 Å². The van der Waals surface area contributed by atoms with Crippen LogP contribution in [0.3, 0.4) is 0 Å². The van der Waals surface area contributed by atoms with E-state index in [2.05, 4.69) is 76.2 Å². The number of allylic oxidation sites excluding steroid dienone is 1. The Balaban J connectivity index is 1.61. The molecule has 2 aliphatic rings. The first-order valence-corrected chi connectivity index (χ1v) is 11.8. The van der Waals surface area contributed by atoms with Crippen LogP contribution in [0, 0.1) is 5.41 Å². The van der Waals surface area contributed by atoms with Crippen molar-refractivity contribution in [3.05, 3.63) is 64.7 Å². The van der Waals surface area contributed by atoms with Crippen molar-refractivity contribution in [1.82, 2.24) is 0 Å². The molecule has 1 saturated carbocycles. The summed E-state index contributed by atoms with van der Waals surface area (Å²) in [5.41, 5.74) is 9.60. The second-order valence-corrected chi connectivity index (χ2v) is 10.6. The lowest BCUT2D eigenvalue weighted by Gasteiger charge is -2.32. The fourth-order valence-electron chi connectivity index (χ4n) is 5.57. The lowest BCUT2D eigenvalue weighted by molar-refractivity contribution is 0.230. The van der Waals surface area contributed by atoms with Gasteiger partial charge in [0, 0.05) is 0 Å². The predicted molar refractivity (Wildman–Crippen MR) is 127 cm³/mol. The van der Waals surface area contributed by atoms with E-state index in [0.717, 1.165) is 6.42 Å². The molecule has 2 aliphatic carbocycles. The van der Waals surface area contributed by atoms with Gasteiger partial charge >= 0.3 is 0 Å². The van der Waals surface area contributed by atoms with Gasteiger partial charge in [0.1, 0.15) is 0 Å². The topological polar surface area (TPSA) is 0 Å². The van der Waals surface area contributed by atoms with E-state index in [9.17, 15) is 0 Å². The molecule has 0 nitrogen and oxygen atoms in total. The molecule has 2 aromatic carbocycles. The first kappa shape index (κ1) is 20.5. The Morgan fingerprint density at radius 1 is 0.862 bits per heavy atom. The van der Waals surface area contributed by atoms with E-state index in [4.69, 9.17) is 0 Å². The van der Waals surface area contributed by atoms with Gasteiger partial charge in [-0.15, -0.1) is 0 Å². The van der Waals surface area contributed by atoms with Gasteiger partial charge in [-0.3, -0.25) is 0 Å². The van der Waals surface area contributed by atoms with Crippen LogP contribution in [0.5, 0.6) is 0 Å². The summed E-state index contributed by atoms with van der Waals surface area (Å²) in [6, 6.07) is 16.2. The Morgan fingerprint density at radius 2 is 1.55 bits per heavy atom. The van der Waals surface area contributed by atoms with Gasteiger partial charge in [-0.2, -0.15) is 0 Å². The largest absolute Gasteiger partial charge is 0.0648 e. The highest BCUT2D eigenvalue weighted by Gasteiger charge is 2.31. The van der Waals surface area contributed by atoms with Crippen molar-refractivity contribution >= 4 is 6.08 Å². The van der Waals surface area contributed by atoms with Crippen LogP contribution < -0.4 is 0 Å². The Kier molecular flexibility index (Phi) is 5.74. The van der Waals surface area contributed by atoms with Gasteiger partial charge in [-0.1, -0.05) is 114 Å². The molecule has 0 amide bonds. The first-order valence-electron chi connectivity index (χ1n) is 11.8. The molecular formula is C29H38. The molecule has 0 aromatic heterocycles. The number of fused-ring (bicyclic) bond motifs is 1. The Labute approximate surface area is 178 Å². The minimum Gasteiger partial charge on any atom is -0.0648 e. The molecule has 29 heavy (non-hydrogen) atoms. The van der Waals surface area contributed by atoms with Crippen LogP contribution in [0.25, 0.3) is 17.2 Å². The van der Waals surface area contributed by atoms with E-state index in [-0.39, 0.29) is 5.41 Å². The fourth-order valence-corrected chi connectivity index (χ4v) is 5.57. The van der Waals surface area contributed by atoms with Crippen LogP contribution >= 0.6 is 0 Å². The maximum Gasteiger partial charge on any atom is -0.00574 e. The quantitative estimate of drug-likeness (QED) is 0.461. The predicted octanol–water partition coefficient (Wildman–Crippen LogP) is 8.73. The highest BCUT2D eigenvalue weighted by atomic mass is 14.4. The maximum atomic E-state index is 2.55. The van der Waals surface area contributed by atoms with Crippen molar-refractivity contribution in [2.24, 2.45) is 5.41 Å². The average Bonchev–Trinajstić information content (AvgIpc) is 2.97. The number of rotatable bonds is 4. The molecule has 0 atom stereocenters. The molecular weight excluding hydrogens is 348 g/mol. The molecule has 0 N–H and O–H groups in total. The monoisotopic (exact) mass is 386 g/mol. The van der Waals surface area contributed by atoms with Gasteiger partial charge in [-0.25, -0.2) is 0 Å². The lowest BCUT2D eigenvalue weighted by Crippen LogP contribution is -2.19. The second kappa shape index (κ2) is 8.13. The number of hydrogen-bond acceptors (Lipinski definition) is 0. The third-order valence-electron chi connectivity index (χ3n) is 7.54. The first-order chi connectivity index (χ1) is 13.9. The summed E-state index contributed by atoms with van der Waals surface area (Å²) in [5.74, 6) is 0. The van der Waals surface area contributed by atoms with E-state index in [1.54, 1.807) is 5.57 Å². The summed E-state index contributed by atoms with van der Waals surface area (Å²) in [6.07, 6.45) is 14.9. The number of hydrogen-bond donors (Lipinski definition) is 0. The summed E-state index contributed by atoms with van der Waals surface area (Å²) in [4.78, 5) is 0. The molecule has 0 spiro atoms. The van der Waals surface area contributed by atoms with Crippen molar-refractivity contribution in [3.8, 4) is 11.1 Å². The minimum absolute atomic E-state index is 0.206. The highest BCUT2D eigenvalue weighted by molar-refractivity contribution is 5.81. The second-order valence-electron chi connectivity index (χ2n) is 10.6. The normalized spacial score (nSPS) is 18.8. The maximum absolute atomic E-state index is 2.55. The van der Waals surface area contributed by atoms with Gasteiger partial charge in [0.2, 0.25) is 0 Å². The Hall–Kier alpha value is -1.82. The van der Waals surface area contributed by atoms with Crippen LogP contribution in [-0.4, -0.2) is 0 Å². The standard InChI is InChI=1S/C29H38/c1-5-29(17-8-6-7-9-18-29)21-22-19-24-11-10-12-26(27(24)20-22)23-13-15-25(16-14-23)28(2,3)4/h10-16,20H,5-9,17-19,21H2,1-4H3. The molecule has 0 unspecified atom stereocenters. The zero-order valence-corrected chi connectivity index (χ0v) is 19.0. The molecule has 0 heterocycles. The molecule has 0 radical (unpaired) electrons. The van der Waals surface area contributed by atoms with Crippen LogP contribution in [0.15, 0.2) is 48.0 Å². The van der Waals surface area contributed by atoms with Gasteiger partial charge in [0.15, 0.2) is 0 Å². The Morgan fingerprint density at radius 3 is 2.17 bits per heavy atom. The third-order valence-corrected chi connectivity index (χ3v) is 7.54. The van der Waals surface area contributed by atoms with E-state index in [1.165, 1.54) is 79.2 Å². The van der Waals surface area contributed by atoms with Crippen molar-refractivity contribution in [2.75, 3.05) is 0 Å². The zero-order valence-electron chi connectivity index (χ0n) is 19.0. The molecule has 0 bridgehead atoms. The lowest BCUT2D eigenvalue weighted by atomic mass is 9.73. The van der Waals surface area contributed by atoms with Crippen LogP contribution in [0.1, 0.15) is 95.8 Å². The highest BCUT2D eigenvalue weighted by Crippen LogP contribution is 2.46. The van der Waals surface area contributed by atoms with Crippen LogP contribution in [0.2, 0.25) is 0 Å². The molecule has 1 fully saturated rings. The van der Waals surface area contributed by atoms with Crippen LogP contribution in [0.4, 0.5) is 0 Å². The van der Waals surface area contributed by atoms with Gasteiger partial charge in [0.05, 0.1) is 0 Å². The summed E-state index contributed by atoms with van der Waals surface area (Å²) >= 11 is 0. The third kappa shape index (κ3) is 4.37. The summed E-state index contributed by atoms with van der Waals surface area (Å²) in [6.45, 7) is 9.28. The SMILES string of the molecule is CCC1(CC2=Cc3c(cccc3-c3ccc(C(C)(C)C)cc3)C2)CCCCCC1. The van der Waals surface area contributed by atoms with Gasteiger partial charge < -0.3 is 0 Å². The summed E-state index contributed by atoms with van der Waals surface area (Å²) in [7, 11) is 0. The summed E-state index contributed by atoms with van der Waals surface area (Å²) in [5, 5.41) is 0. The van der Waals surface area contributed by atoms with Crippen molar-refractivity contribution in [3.63, 3.8) is 0 Å².